The Morgan fingerprint density at radius 3 is 2.46 bits per heavy atom. The SMILES string of the molecule is CNC1CCCN(C(=O)c2ccc(CNC(=O)C(C)(C)C)cc2)C1. The Morgan fingerprint density at radius 2 is 1.88 bits per heavy atom. The topological polar surface area (TPSA) is 61.4 Å². The summed E-state index contributed by atoms with van der Waals surface area (Å²) >= 11 is 0. The van der Waals surface area contributed by atoms with Crippen LogP contribution in [-0.2, 0) is 11.3 Å². The maximum absolute atomic E-state index is 12.6. The molecule has 0 bridgehead atoms. The van der Waals surface area contributed by atoms with Gasteiger partial charge in [-0.15, -0.1) is 0 Å². The fraction of sp³-hybridized carbons (Fsp3) is 0.579. The van der Waals surface area contributed by atoms with Gasteiger partial charge in [0, 0.05) is 36.7 Å². The molecule has 1 fully saturated rings. The standard InChI is InChI=1S/C19H29N3O2/c1-19(2,3)18(24)21-12-14-7-9-15(10-8-14)17(23)22-11-5-6-16(13-22)20-4/h7-10,16,20H,5-6,11-13H2,1-4H3,(H,21,24). The van der Waals surface area contributed by atoms with Crippen molar-refractivity contribution in [3.63, 3.8) is 0 Å². The summed E-state index contributed by atoms with van der Waals surface area (Å²) in [5.41, 5.74) is 1.31. The second-order valence-corrected chi connectivity index (χ2v) is 7.51. The summed E-state index contributed by atoms with van der Waals surface area (Å²) in [6.07, 6.45) is 2.15. The second-order valence-electron chi connectivity index (χ2n) is 7.51. The molecule has 1 aromatic rings. The number of nitrogens with zero attached hydrogens (tertiary/aromatic N) is 1. The largest absolute Gasteiger partial charge is 0.352 e. The monoisotopic (exact) mass is 331 g/mol. The first-order valence-corrected chi connectivity index (χ1v) is 8.65. The summed E-state index contributed by atoms with van der Waals surface area (Å²) in [6.45, 7) is 7.73. The van der Waals surface area contributed by atoms with Gasteiger partial charge in [-0.2, -0.15) is 0 Å². The van der Waals surface area contributed by atoms with Crippen LogP contribution in [0.25, 0.3) is 0 Å². The van der Waals surface area contributed by atoms with Gasteiger partial charge in [0.25, 0.3) is 5.91 Å². The Balaban J connectivity index is 1.94. The van der Waals surface area contributed by atoms with E-state index in [1.165, 1.54) is 0 Å². The van der Waals surface area contributed by atoms with E-state index in [9.17, 15) is 9.59 Å². The molecule has 5 nitrogen and oxygen atoms in total. The number of rotatable bonds is 4. The van der Waals surface area contributed by atoms with E-state index in [0.717, 1.165) is 31.5 Å². The average Bonchev–Trinajstić information content (AvgIpc) is 2.58. The highest BCUT2D eigenvalue weighted by Crippen LogP contribution is 2.15. The fourth-order valence-corrected chi connectivity index (χ4v) is 2.79. The number of hydrogen-bond donors (Lipinski definition) is 2. The number of benzene rings is 1. The zero-order valence-corrected chi connectivity index (χ0v) is 15.2. The lowest BCUT2D eigenvalue weighted by Crippen LogP contribution is -2.46. The lowest BCUT2D eigenvalue weighted by atomic mass is 9.95. The van der Waals surface area contributed by atoms with Gasteiger partial charge >= 0.3 is 0 Å². The van der Waals surface area contributed by atoms with Gasteiger partial charge in [0.1, 0.15) is 0 Å². The van der Waals surface area contributed by atoms with Gasteiger partial charge < -0.3 is 15.5 Å². The Hall–Kier alpha value is -1.88. The maximum Gasteiger partial charge on any atom is 0.253 e. The van der Waals surface area contributed by atoms with E-state index < -0.39 is 5.41 Å². The van der Waals surface area contributed by atoms with Gasteiger partial charge in [-0.3, -0.25) is 9.59 Å². The molecule has 0 saturated carbocycles. The van der Waals surface area contributed by atoms with E-state index in [0.29, 0.717) is 18.2 Å². The lowest BCUT2D eigenvalue weighted by molar-refractivity contribution is -0.128. The van der Waals surface area contributed by atoms with Crippen LogP contribution in [0.2, 0.25) is 0 Å². The Bertz CT molecular complexity index is 575. The molecule has 1 atom stereocenters. The first-order valence-electron chi connectivity index (χ1n) is 8.65. The normalized spacial score (nSPS) is 18.3. The number of amides is 2. The number of likely N-dealkylation sites (N-methyl/N-ethyl adjacent to an activating group) is 1. The number of carbonyl (C=O) groups excluding carboxylic acids is 2. The number of hydrogen-bond acceptors (Lipinski definition) is 3. The molecule has 2 amide bonds. The zero-order chi connectivity index (χ0) is 17.7. The van der Waals surface area contributed by atoms with E-state index in [-0.39, 0.29) is 11.8 Å². The predicted molar refractivity (Wildman–Crippen MR) is 95.7 cm³/mol. The van der Waals surface area contributed by atoms with E-state index in [4.69, 9.17) is 0 Å². The predicted octanol–water partition coefficient (Wildman–Crippen LogP) is 2.17. The van der Waals surface area contributed by atoms with Gasteiger partial charge in [-0.1, -0.05) is 32.9 Å². The van der Waals surface area contributed by atoms with Crippen LogP contribution in [0.5, 0.6) is 0 Å². The number of carbonyl (C=O) groups is 2. The minimum Gasteiger partial charge on any atom is -0.352 e. The van der Waals surface area contributed by atoms with Crippen molar-refractivity contribution in [2.24, 2.45) is 5.41 Å². The first kappa shape index (κ1) is 18.5. The maximum atomic E-state index is 12.6. The molecule has 1 heterocycles. The van der Waals surface area contributed by atoms with Gasteiger partial charge in [-0.05, 0) is 37.6 Å². The molecule has 0 spiro atoms. The Kier molecular flexibility index (Phi) is 5.99. The molecule has 1 saturated heterocycles. The summed E-state index contributed by atoms with van der Waals surface area (Å²) in [5, 5.41) is 6.18. The highest BCUT2D eigenvalue weighted by atomic mass is 16.2. The first-order chi connectivity index (χ1) is 11.3. The van der Waals surface area contributed by atoms with E-state index in [1.54, 1.807) is 0 Å². The molecule has 0 aliphatic carbocycles. The van der Waals surface area contributed by atoms with Crippen molar-refractivity contribution in [3.8, 4) is 0 Å². The number of piperidine rings is 1. The quantitative estimate of drug-likeness (QED) is 0.889. The molecule has 1 unspecified atom stereocenters. The molecule has 132 valence electrons. The summed E-state index contributed by atoms with van der Waals surface area (Å²) < 4.78 is 0. The molecule has 5 heteroatoms. The van der Waals surface area contributed by atoms with Crippen molar-refractivity contribution in [1.29, 1.82) is 0 Å². The third kappa shape index (κ3) is 4.81. The highest BCUT2D eigenvalue weighted by Gasteiger charge is 2.23. The van der Waals surface area contributed by atoms with Crippen molar-refractivity contribution >= 4 is 11.8 Å². The van der Waals surface area contributed by atoms with Crippen LogP contribution in [0, 0.1) is 5.41 Å². The van der Waals surface area contributed by atoms with Crippen molar-refractivity contribution in [3.05, 3.63) is 35.4 Å². The molecular weight excluding hydrogens is 302 g/mol. The minimum atomic E-state index is -0.395. The third-order valence-electron chi connectivity index (χ3n) is 4.45. The number of nitrogens with one attached hydrogen (secondary N) is 2. The van der Waals surface area contributed by atoms with Crippen molar-refractivity contribution in [2.45, 2.75) is 46.2 Å². The van der Waals surface area contributed by atoms with Gasteiger partial charge in [0.05, 0.1) is 0 Å². The third-order valence-corrected chi connectivity index (χ3v) is 4.45. The molecule has 2 N–H and O–H groups in total. The van der Waals surface area contributed by atoms with Crippen molar-refractivity contribution in [2.75, 3.05) is 20.1 Å². The lowest BCUT2D eigenvalue weighted by Gasteiger charge is -2.32. The van der Waals surface area contributed by atoms with Crippen LogP contribution in [-0.4, -0.2) is 42.9 Å². The van der Waals surface area contributed by atoms with Gasteiger partial charge in [0.15, 0.2) is 0 Å². The molecule has 24 heavy (non-hydrogen) atoms. The van der Waals surface area contributed by atoms with Crippen LogP contribution in [0.1, 0.15) is 49.5 Å². The van der Waals surface area contributed by atoms with Gasteiger partial charge in [0.2, 0.25) is 5.91 Å². The smallest absolute Gasteiger partial charge is 0.253 e. The van der Waals surface area contributed by atoms with Crippen LogP contribution < -0.4 is 10.6 Å². The van der Waals surface area contributed by atoms with E-state index in [2.05, 4.69) is 10.6 Å². The molecule has 1 aliphatic heterocycles. The minimum absolute atomic E-state index is 0.0223. The molecule has 1 aromatic carbocycles. The van der Waals surface area contributed by atoms with Crippen LogP contribution in [0.4, 0.5) is 0 Å². The van der Waals surface area contributed by atoms with Crippen LogP contribution in [0.15, 0.2) is 24.3 Å². The second kappa shape index (κ2) is 7.79. The summed E-state index contributed by atoms with van der Waals surface area (Å²) in [7, 11) is 1.94. The van der Waals surface area contributed by atoms with Crippen LogP contribution >= 0.6 is 0 Å². The Morgan fingerprint density at radius 1 is 1.21 bits per heavy atom. The van der Waals surface area contributed by atoms with Gasteiger partial charge in [-0.25, -0.2) is 0 Å². The van der Waals surface area contributed by atoms with Crippen LogP contribution in [0.3, 0.4) is 0 Å². The highest BCUT2D eigenvalue weighted by molar-refractivity contribution is 5.94. The molecule has 1 aliphatic rings. The number of likely N-dealkylation sites (tertiary alicyclic amines) is 1. The van der Waals surface area contributed by atoms with Crippen molar-refractivity contribution < 1.29 is 9.59 Å². The fourth-order valence-electron chi connectivity index (χ4n) is 2.79. The molecular formula is C19H29N3O2. The molecule has 2 rings (SSSR count). The Labute approximate surface area is 144 Å². The summed E-state index contributed by atoms with van der Waals surface area (Å²) in [5.74, 6) is 0.106. The van der Waals surface area contributed by atoms with Crippen molar-refractivity contribution in [1.82, 2.24) is 15.5 Å². The van der Waals surface area contributed by atoms with E-state index in [1.807, 2.05) is 57.0 Å². The average molecular weight is 331 g/mol. The molecule has 0 radical (unpaired) electrons. The zero-order valence-electron chi connectivity index (χ0n) is 15.2. The summed E-state index contributed by atoms with van der Waals surface area (Å²) in [6, 6.07) is 7.91. The summed E-state index contributed by atoms with van der Waals surface area (Å²) in [4.78, 5) is 26.4. The molecule has 0 aromatic heterocycles. The van der Waals surface area contributed by atoms with E-state index >= 15 is 0 Å².